The zero-order chi connectivity index (χ0) is 19.6. The molecule has 1 saturated heterocycles. The number of nitrogens with zero attached hydrogens (tertiary/aromatic N) is 2. The van der Waals surface area contributed by atoms with E-state index in [4.69, 9.17) is 9.15 Å². The van der Waals surface area contributed by atoms with Crippen LogP contribution in [0, 0.1) is 0 Å². The number of hydrogen-bond acceptors (Lipinski definition) is 7. The number of aromatic nitrogens is 1. The van der Waals surface area contributed by atoms with Gasteiger partial charge in [0.25, 0.3) is 5.91 Å². The van der Waals surface area contributed by atoms with Crippen LogP contribution in [0.2, 0.25) is 0 Å². The molecular formula is C16H15F3N2O6. The number of oxazole rings is 1. The summed E-state index contributed by atoms with van der Waals surface area (Å²) in [5.74, 6) is -0.557. The topological polar surface area (TPSA) is 105 Å². The van der Waals surface area contributed by atoms with Gasteiger partial charge in [-0.05, 0) is 24.3 Å². The maximum Gasteiger partial charge on any atom is 0.573 e. The summed E-state index contributed by atoms with van der Waals surface area (Å²) in [6.45, 7) is -0.173. The van der Waals surface area contributed by atoms with Crippen molar-refractivity contribution >= 4 is 5.91 Å². The lowest BCUT2D eigenvalue weighted by Crippen LogP contribution is -2.30. The summed E-state index contributed by atoms with van der Waals surface area (Å²) in [4.78, 5) is 17.4. The van der Waals surface area contributed by atoms with Crippen molar-refractivity contribution in [3.8, 4) is 11.5 Å². The largest absolute Gasteiger partial charge is 0.573 e. The molecule has 2 atom stereocenters. The second-order valence-electron chi connectivity index (χ2n) is 5.78. The minimum Gasteiger partial charge on any atom is -0.484 e. The molecule has 146 valence electrons. The maximum absolute atomic E-state index is 12.2. The van der Waals surface area contributed by atoms with E-state index in [1.54, 1.807) is 0 Å². The summed E-state index contributed by atoms with van der Waals surface area (Å²) in [6, 6.07) is 4.75. The minimum atomic E-state index is -4.77. The average molecular weight is 388 g/mol. The molecule has 27 heavy (non-hydrogen) atoms. The van der Waals surface area contributed by atoms with Gasteiger partial charge in [0.05, 0.1) is 12.2 Å². The predicted octanol–water partition coefficient (Wildman–Crippen LogP) is 1.33. The van der Waals surface area contributed by atoms with Crippen molar-refractivity contribution in [2.75, 3.05) is 13.1 Å². The Balaban J connectivity index is 1.54. The number of hydrogen-bond donors (Lipinski definition) is 2. The van der Waals surface area contributed by atoms with E-state index in [9.17, 15) is 28.2 Å². The molecule has 0 unspecified atom stereocenters. The van der Waals surface area contributed by atoms with Gasteiger partial charge >= 0.3 is 6.36 Å². The van der Waals surface area contributed by atoms with E-state index < -0.39 is 24.5 Å². The van der Waals surface area contributed by atoms with Crippen molar-refractivity contribution < 1.29 is 42.1 Å². The summed E-state index contributed by atoms with van der Waals surface area (Å²) < 4.78 is 50.5. The number of alkyl halides is 3. The van der Waals surface area contributed by atoms with Crippen LogP contribution in [0.3, 0.4) is 0 Å². The highest BCUT2D eigenvalue weighted by molar-refractivity contribution is 5.92. The molecule has 1 aliphatic heterocycles. The van der Waals surface area contributed by atoms with Gasteiger partial charge in [0.2, 0.25) is 5.89 Å². The summed E-state index contributed by atoms with van der Waals surface area (Å²) >= 11 is 0. The highest BCUT2D eigenvalue weighted by Gasteiger charge is 2.34. The summed E-state index contributed by atoms with van der Waals surface area (Å²) in [5, 5.41) is 19.0. The Hall–Kier alpha value is -2.79. The van der Waals surface area contributed by atoms with Crippen LogP contribution in [0.1, 0.15) is 16.4 Å². The molecule has 8 nitrogen and oxygen atoms in total. The average Bonchev–Trinajstić information content (AvgIpc) is 3.19. The molecule has 0 aliphatic carbocycles. The number of rotatable bonds is 5. The van der Waals surface area contributed by atoms with Gasteiger partial charge in [-0.15, -0.1) is 13.2 Å². The van der Waals surface area contributed by atoms with Gasteiger partial charge in [-0.2, -0.15) is 0 Å². The molecule has 0 bridgehead atoms. The Kier molecular flexibility index (Phi) is 5.24. The fourth-order valence-corrected chi connectivity index (χ4v) is 2.46. The zero-order valence-corrected chi connectivity index (χ0v) is 13.7. The number of amides is 1. The van der Waals surface area contributed by atoms with Crippen LogP contribution in [0.5, 0.6) is 11.5 Å². The molecule has 2 aromatic rings. The molecule has 1 aliphatic rings. The lowest BCUT2D eigenvalue weighted by atomic mass is 10.3. The standard InChI is InChI=1S/C16H15F3N2O6/c17-16(18,19)27-10-3-1-9(2-4-10)25-8-14-20-11(7-26-14)15(24)21-5-12(22)13(23)6-21/h1-4,7,12-13,22-23H,5-6,8H2/t12-,13+. The Morgan fingerprint density at radius 2 is 1.78 bits per heavy atom. The number of carbonyl (C=O) groups excluding carboxylic acids is 1. The SMILES string of the molecule is O=C(c1coc(COc2ccc(OC(F)(F)F)cc2)n1)N1C[C@@H](O)[C@@H](O)C1. The molecule has 2 heterocycles. The third-order valence-corrected chi connectivity index (χ3v) is 3.74. The first-order valence-corrected chi connectivity index (χ1v) is 7.80. The summed E-state index contributed by atoms with van der Waals surface area (Å²) in [6.07, 6.45) is -5.66. The maximum atomic E-state index is 12.2. The van der Waals surface area contributed by atoms with E-state index in [0.717, 1.165) is 18.4 Å². The summed E-state index contributed by atoms with van der Waals surface area (Å²) in [7, 11) is 0. The lowest BCUT2D eigenvalue weighted by Gasteiger charge is -2.12. The first-order chi connectivity index (χ1) is 12.7. The molecule has 0 spiro atoms. The van der Waals surface area contributed by atoms with Crippen LogP contribution in [0.25, 0.3) is 0 Å². The van der Waals surface area contributed by atoms with Gasteiger partial charge < -0.3 is 29.0 Å². The van der Waals surface area contributed by atoms with E-state index in [1.807, 2.05) is 0 Å². The Morgan fingerprint density at radius 3 is 2.37 bits per heavy atom. The molecule has 2 N–H and O–H groups in total. The van der Waals surface area contributed by atoms with Crippen LogP contribution in [0.15, 0.2) is 34.9 Å². The number of aliphatic hydroxyl groups excluding tert-OH is 2. The van der Waals surface area contributed by atoms with E-state index in [2.05, 4.69) is 9.72 Å². The molecule has 1 fully saturated rings. The third kappa shape index (κ3) is 4.89. The van der Waals surface area contributed by atoms with Gasteiger partial charge in [-0.3, -0.25) is 4.79 Å². The second kappa shape index (κ2) is 7.45. The number of halogens is 3. The van der Waals surface area contributed by atoms with E-state index in [1.165, 1.54) is 17.0 Å². The smallest absolute Gasteiger partial charge is 0.484 e. The quantitative estimate of drug-likeness (QED) is 0.796. The summed E-state index contributed by atoms with van der Waals surface area (Å²) in [5.41, 5.74) is -0.0103. The molecule has 3 rings (SSSR count). The second-order valence-corrected chi connectivity index (χ2v) is 5.78. The van der Waals surface area contributed by atoms with Crippen LogP contribution in [-0.4, -0.2) is 57.7 Å². The Morgan fingerprint density at radius 1 is 1.19 bits per heavy atom. The Labute approximate surface area is 150 Å². The highest BCUT2D eigenvalue weighted by Crippen LogP contribution is 2.25. The molecule has 0 saturated carbocycles. The van der Waals surface area contributed by atoms with Crippen molar-refractivity contribution in [1.82, 2.24) is 9.88 Å². The monoisotopic (exact) mass is 388 g/mol. The van der Waals surface area contributed by atoms with Gasteiger partial charge in [0, 0.05) is 13.1 Å². The highest BCUT2D eigenvalue weighted by atomic mass is 19.4. The van der Waals surface area contributed by atoms with Gasteiger partial charge in [-0.25, -0.2) is 4.98 Å². The molecule has 1 aromatic heterocycles. The number of aliphatic hydroxyl groups is 2. The first-order valence-electron chi connectivity index (χ1n) is 7.80. The number of carbonyl (C=O) groups is 1. The van der Waals surface area contributed by atoms with Crippen molar-refractivity contribution in [2.24, 2.45) is 0 Å². The number of benzene rings is 1. The third-order valence-electron chi connectivity index (χ3n) is 3.74. The molecular weight excluding hydrogens is 373 g/mol. The van der Waals surface area contributed by atoms with Gasteiger partial charge in [0.15, 0.2) is 12.3 Å². The lowest BCUT2D eigenvalue weighted by molar-refractivity contribution is -0.274. The minimum absolute atomic E-state index is 0.00889. The van der Waals surface area contributed by atoms with Crippen molar-refractivity contribution in [3.05, 3.63) is 42.1 Å². The molecule has 1 aromatic carbocycles. The van der Waals surface area contributed by atoms with Crippen molar-refractivity contribution in [1.29, 1.82) is 0 Å². The first kappa shape index (κ1) is 19.0. The number of β-amino-alcohol motifs (C(OH)–C–C–N with tert-alkyl or cyclic N) is 2. The normalized spacial score (nSPS) is 20.0. The van der Waals surface area contributed by atoms with Crippen molar-refractivity contribution in [3.63, 3.8) is 0 Å². The van der Waals surface area contributed by atoms with E-state index >= 15 is 0 Å². The van der Waals surface area contributed by atoms with Gasteiger partial charge in [-0.1, -0.05) is 0 Å². The fourth-order valence-electron chi connectivity index (χ4n) is 2.46. The van der Waals surface area contributed by atoms with Crippen LogP contribution in [0.4, 0.5) is 13.2 Å². The van der Waals surface area contributed by atoms with E-state index in [0.29, 0.717) is 0 Å². The molecule has 0 radical (unpaired) electrons. The predicted molar refractivity (Wildman–Crippen MR) is 81.9 cm³/mol. The van der Waals surface area contributed by atoms with Crippen LogP contribution >= 0.6 is 0 Å². The van der Waals surface area contributed by atoms with Gasteiger partial charge in [0.1, 0.15) is 17.8 Å². The Bertz CT molecular complexity index is 782. The van der Waals surface area contributed by atoms with E-state index in [-0.39, 0.29) is 42.8 Å². The van der Waals surface area contributed by atoms with Crippen LogP contribution in [-0.2, 0) is 6.61 Å². The fraction of sp³-hybridized carbons (Fsp3) is 0.375. The zero-order valence-electron chi connectivity index (χ0n) is 13.7. The van der Waals surface area contributed by atoms with Crippen molar-refractivity contribution in [2.45, 2.75) is 25.2 Å². The molecule has 1 amide bonds. The number of likely N-dealkylation sites (tertiary alicyclic amines) is 1. The van der Waals surface area contributed by atoms with Crippen LogP contribution < -0.4 is 9.47 Å². The molecule has 11 heteroatoms. The number of ether oxygens (including phenoxy) is 2.